The Hall–Kier alpha value is -1.75. The second-order valence-electron chi connectivity index (χ2n) is 4.73. The highest BCUT2D eigenvalue weighted by atomic mass is 32.2. The van der Waals surface area contributed by atoms with Gasteiger partial charge in [0.2, 0.25) is 5.76 Å². The summed E-state index contributed by atoms with van der Waals surface area (Å²) in [5.74, 6) is 1.21. The summed E-state index contributed by atoms with van der Waals surface area (Å²) in [4.78, 5) is 14.1. The van der Waals surface area contributed by atoms with Crippen LogP contribution in [-0.4, -0.2) is 34.8 Å². The smallest absolute Gasteiger partial charge is 0.292 e. The van der Waals surface area contributed by atoms with Crippen molar-refractivity contribution in [3.05, 3.63) is 53.9 Å². The predicted molar refractivity (Wildman–Crippen MR) is 78.7 cm³/mol. The molecule has 1 amide bonds. The molecule has 20 heavy (non-hydrogen) atoms. The molecule has 4 nitrogen and oxygen atoms in total. The molecule has 0 saturated carbocycles. The lowest BCUT2D eigenvalue weighted by atomic mass is 10.1. The van der Waals surface area contributed by atoms with E-state index >= 15 is 0 Å². The second-order valence-corrected chi connectivity index (χ2v) is 6.04. The molecule has 2 heterocycles. The third-order valence-electron chi connectivity index (χ3n) is 3.45. The van der Waals surface area contributed by atoms with Gasteiger partial charge in [-0.05, 0) is 12.0 Å². The molecule has 2 aromatic rings. The molecule has 1 atom stereocenters. The molecule has 1 aliphatic heterocycles. The number of hydrogen-bond donors (Lipinski definition) is 0. The van der Waals surface area contributed by atoms with Crippen molar-refractivity contribution in [1.82, 2.24) is 10.1 Å². The number of benzene rings is 1. The van der Waals surface area contributed by atoms with Crippen LogP contribution in [0.25, 0.3) is 0 Å². The third-order valence-corrected chi connectivity index (χ3v) is 4.78. The molecule has 1 aromatic heterocycles. The first kappa shape index (κ1) is 13.2. The van der Waals surface area contributed by atoms with Crippen LogP contribution in [0, 0.1) is 0 Å². The van der Waals surface area contributed by atoms with E-state index in [2.05, 4.69) is 29.4 Å². The normalized spacial score (nSPS) is 19.6. The number of hydrogen-bond acceptors (Lipinski definition) is 4. The molecule has 0 spiro atoms. The van der Waals surface area contributed by atoms with Crippen molar-refractivity contribution in [3.8, 4) is 0 Å². The Morgan fingerprint density at radius 1 is 1.25 bits per heavy atom. The van der Waals surface area contributed by atoms with Crippen molar-refractivity contribution in [1.29, 1.82) is 0 Å². The summed E-state index contributed by atoms with van der Waals surface area (Å²) < 4.78 is 4.95. The Bertz CT molecular complexity index is 557. The lowest BCUT2D eigenvalue weighted by Crippen LogP contribution is -2.32. The maximum absolute atomic E-state index is 12.2. The molecule has 1 aromatic carbocycles. The third kappa shape index (κ3) is 2.88. The van der Waals surface area contributed by atoms with Crippen LogP contribution in [-0.2, 0) is 0 Å². The molecule has 0 bridgehead atoms. The van der Waals surface area contributed by atoms with Gasteiger partial charge in [0, 0.05) is 30.2 Å². The minimum atomic E-state index is -0.0585. The van der Waals surface area contributed by atoms with E-state index in [0.29, 0.717) is 11.0 Å². The molecule has 1 fully saturated rings. The molecular weight excluding hydrogens is 272 g/mol. The Kier molecular flexibility index (Phi) is 4.06. The monoisotopic (exact) mass is 288 g/mol. The summed E-state index contributed by atoms with van der Waals surface area (Å²) in [5.41, 5.74) is 1.34. The molecule has 0 radical (unpaired) electrons. The quantitative estimate of drug-likeness (QED) is 0.852. The minimum Gasteiger partial charge on any atom is -0.351 e. The number of aromatic nitrogens is 1. The number of carbonyl (C=O) groups is 1. The zero-order chi connectivity index (χ0) is 13.8. The van der Waals surface area contributed by atoms with E-state index in [1.807, 2.05) is 22.7 Å². The fraction of sp³-hybridized carbons (Fsp3) is 0.333. The van der Waals surface area contributed by atoms with E-state index in [4.69, 9.17) is 4.52 Å². The van der Waals surface area contributed by atoms with Gasteiger partial charge < -0.3 is 9.42 Å². The summed E-state index contributed by atoms with van der Waals surface area (Å²) in [7, 11) is 0. The highest BCUT2D eigenvalue weighted by Gasteiger charge is 2.24. The maximum Gasteiger partial charge on any atom is 0.292 e. The predicted octanol–water partition coefficient (Wildman–Crippen LogP) is 3.00. The standard InChI is InChI=1S/C15H16N2O2S/c18-15(13-6-8-16-19-13)17-9-7-14(20-11-10-17)12-4-2-1-3-5-12/h1-6,8,14H,7,9-11H2. The van der Waals surface area contributed by atoms with Crippen LogP contribution in [0.2, 0.25) is 0 Å². The molecule has 1 aliphatic rings. The van der Waals surface area contributed by atoms with Crippen LogP contribution in [0.1, 0.15) is 27.8 Å². The van der Waals surface area contributed by atoms with Gasteiger partial charge in [0.15, 0.2) is 0 Å². The van der Waals surface area contributed by atoms with Crippen molar-refractivity contribution >= 4 is 17.7 Å². The first-order valence-corrected chi connectivity index (χ1v) is 7.76. The molecule has 1 unspecified atom stereocenters. The van der Waals surface area contributed by atoms with E-state index in [0.717, 1.165) is 25.3 Å². The molecular formula is C15H16N2O2S. The van der Waals surface area contributed by atoms with Crippen LogP contribution in [0.3, 0.4) is 0 Å². The van der Waals surface area contributed by atoms with Gasteiger partial charge in [-0.1, -0.05) is 35.5 Å². The van der Waals surface area contributed by atoms with Gasteiger partial charge in [0.05, 0.1) is 6.20 Å². The average Bonchev–Trinajstić information content (AvgIpc) is 2.92. The SMILES string of the molecule is O=C(c1ccno1)N1CCSC(c2ccccc2)CC1. The van der Waals surface area contributed by atoms with Crippen molar-refractivity contribution in [3.63, 3.8) is 0 Å². The highest BCUT2D eigenvalue weighted by molar-refractivity contribution is 7.99. The number of amides is 1. The van der Waals surface area contributed by atoms with Gasteiger partial charge in [-0.2, -0.15) is 11.8 Å². The maximum atomic E-state index is 12.2. The fourth-order valence-corrected chi connectivity index (χ4v) is 3.62. The van der Waals surface area contributed by atoms with Gasteiger partial charge in [-0.15, -0.1) is 0 Å². The molecule has 5 heteroatoms. The van der Waals surface area contributed by atoms with Gasteiger partial charge in [0.25, 0.3) is 5.91 Å². The van der Waals surface area contributed by atoms with E-state index < -0.39 is 0 Å². The van der Waals surface area contributed by atoms with E-state index in [1.54, 1.807) is 6.07 Å². The van der Waals surface area contributed by atoms with Crippen LogP contribution in [0.5, 0.6) is 0 Å². The number of rotatable bonds is 2. The molecule has 0 N–H and O–H groups in total. The van der Waals surface area contributed by atoms with Gasteiger partial charge in [-0.25, -0.2) is 0 Å². The molecule has 104 valence electrons. The van der Waals surface area contributed by atoms with E-state index in [9.17, 15) is 4.79 Å². The number of thioether (sulfide) groups is 1. The molecule has 0 aliphatic carbocycles. The Morgan fingerprint density at radius 2 is 2.10 bits per heavy atom. The van der Waals surface area contributed by atoms with Crippen molar-refractivity contribution in [2.75, 3.05) is 18.8 Å². The van der Waals surface area contributed by atoms with Gasteiger partial charge in [0.1, 0.15) is 0 Å². The minimum absolute atomic E-state index is 0.0585. The van der Waals surface area contributed by atoms with Crippen molar-refractivity contribution in [2.24, 2.45) is 0 Å². The average molecular weight is 288 g/mol. The zero-order valence-corrected chi connectivity index (χ0v) is 11.9. The summed E-state index contributed by atoms with van der Waals surface area (Å²) >= 11 is 1.92. The largest absolute Gasteiger partial charge is 0.351 e. The summed E-state index contributed by atoms with van der Waals surface area (Å²) in [6.45, 7) is 1.51. The first-order chi connectivity index (χ1) is 9.84. The lowest BCUT2D eigenvalue weighted by Gasteiger charge is -2.18. The Balaban J connectivity index is 1.67. The topological polar surface area (TPSA) is 46.3 Å². The van der Waals surface area contributed by atoms with Crippen molar-refractivity contribution in [2.45, 2.75) is 11.7 Å². The first-order valence-electron chi connectivity index (χ1n) is 6.71. The van der Waals surface area contributed by atoms with Gasteiger partial charge in [-0.3, -0.25) is 4.79 Å². The summed E-state index contributed by atoms with van der Waals surface area (Å²) in [6.07, 6.45) is 2.47. The molecule has 3 rings (SSSR count). The summed E-state index contributed by atoms with van der Waals surface area (Å²) in [6, 6.07) is 12.1. The number of carbonyl (C=O) groups excluding carboxylic acids is 1. The van der Waals surface area contributed by atoms with Gasteiger partial charge >= 0.3 is 0 Å². The Morgan fingerprint density at radius 3 is 2.85 bits per heavy atom. The Labute approximate surface area is 122 Å². The second kappa shape index (κ2) is 6.13. The zero-order valence-electron chi connectivity index (χ0n) is 11.1. The fourth-order valence-electron chi connectivity index (χ4n) is 2.39. The number of nitrogens with zero attached hydrogens (tertiary/aromatic N) is 2. The highest BCUT2D eigenvalue weighted by Crippen LogP contribution is 2.34. The van der Waals surface area contributed by atoms with E-state index in [-0.39, 0.29) is 5.91 Å². The van der Waals surface area contributed by atoms with Crippen molar-refractivity contribution < 1.29 is 9.32 Å². The van der Waals surface area contributed by atoms with Crippen LogP contribution >= 0.6 is 11.8 Å². The summed E-state index contributed by atoms with van der Waals surface area (Å²) in [5, 5.41) is 4.06. The lowest BCUT2D eigenvalue weighted by molar-refractivity contribution is 0.0724. The van der Waals surface area contributed by atoms with Crippen LogP contribution in [0.15, 0.2) is 47.1 Å². The van der Waals surface area contributed by atoms with E-state index in [1.165, 1.54) is 11.8 Å². The molecule has 1 saturated heterocycles. The van der Waals surface area contributed by atoms with Crippen LogP contribution < -0.4 is 0 Å². The van der Waals surface area contributed by atoms with Crippen LogP contribution in [0.4, 0.5) is 0 Å².